The predicted molar refractivity (Wildman–Crippen MR) is 77.8 cm³/mol. The van der Waals surface area contributed by atoms with E-state index in [4.69, 9.17) is 4.74 Å². The molecule has 1 fully saturated rings. The minimum atomic E-state index is -4.65. The van der Waals surface area contributed by atoms with E-state index in [0.29, 0.717) is 6.42 Å². The van der Waals surface area contributed by atoms with E-state index in [0.717, 1.165) is 5.56 Å². The van der Waals surface area contributed by atoms with Crippen LogP contribution in [0.15, 0.2) is 30.3 Å². The predicted octanol–water partition coefficient (Wildman–Crippen LogP) is 2.16. The first-order valence-corrected chi connectivity index (χ1v) is 7.42. The molecule has 0 saturated carbocycles. The highest BCUT2D eigenvalue weighted by molar-refractivity contribution is 5.76. The number of methoxy groups -OCH3 is 1. The molecule has 1 aromatic rings. The van der Waals surface area contributed by atoms with E-state index < -0.39 is 36.6 Å². The van der Waals surface area contributed by atoms with Gasteiger partial charge in [0, 0.05) is 13.1 Å². The van der Waals surface area contributed by atoms with Crippen molar-refractivity contribution >= 4 is 5.97 Å². The van der Waals surface area contributed by atoms with Gasteiger partial charge in [-0.15, -0.1) is 0 Å². The van der Waals surface area contributed by atoms with Gasteiger partial charge in [0.15, 0.2) is 5.60 Å². The maximum absolute atomic E-state index is 12.9. The highest BCUT2D eigenvalue weighted by Gasteiger charge is 2.55. The number of esters is 1. The van der Waals surface area contributed by atoms with Gasteiger partial charge in [-0.1, -0.05) is 30.3 Å². The van der Waals surface area contributed by atoms with Crippen molar-refractivity contribution in [1.82, 2.24) is 4.90 Å². The minimum Gasteiger partial charge on any atom is -0.468 e. The van der Waals surface area contributed by atoms with Crippen LogP contribution in [-0.4, -0.2) is 54.0 Å². The molecule has 1 aromatic carbocycles. The van der Waals surface area contributed by atoms with E-state index in [2.05, 4.69) is 0 Å². The molecule has 0 radical (unpaired) electrons. The Morgan fingerprint density at radius 3 is 2.35 bits per heavy atom. The second-order valence-electron chi connectivity index (χ2n) is 5.79. The zero-order valence-electron chi connectivity index (χ0n) is 12.8. The van der Waals surface area contributed by atoms with Gasteiger partial charge in [-0.2, -0.15) is 13.2 Å². The van der Waals surface area contributed by atoms with Gasteiger partial charge in [0.25, 0.3) is 0 Å². The molecule has 0 aliphatic carbocycles. The van der Waals surface area contributed by atoms with Gasteiger partial charge < -0.3 is 9.84 Å². The van der Waals surface area contributed by atoms with Crippen LogP contribution in [0.1, 0.15) is 18.4 Å². The molecule has 0 aromatic heterocycles. The van der Waals surface area contributed by atoms with Crippen molar-refractivity contribution in [3.8, 4) is 0 Å². The third-order valence-corrected chi connectivity index (χ3v) is 4.34. The Kier molecular flexibility index (Phi) is 5.31. The summed E-state index contributed by atoms with van der Waals surface area (Å²) < 4.78 is 43.4. The lowest BCUT2D eigenvalue weighted by atomic mass is 9.89. The molecular formula is C16H20F3NO3. The Labute approximate surface area is 132 Å². The number of alkyl halides is 3. The third kappa shape index (κ3) is 4.03. The van der Waals surface area contributed by atoms with Gasteiger partial charge in [0.1, 0.15) is 6.04 Å². The summed E-state index contributed by atoms with van der Waals surface area (Å²) in [6, 6.07) is 8.57. The number of hydrogen-bond donors (Lipinski definition) is 1. The Bertz CT molecular complexity index is 525. The van der Waals surface area contributed by atoms with E-state index in [1.807, 2.05) is 30.3 Å². The van der Waals surface area contributed by atoms with E-state index in [-0.39, 0.29) is 13.1 Å². The number of hydrogen-bond acceptors (Lipinski definition) is 4. The Morgan fingerprint density at radius 2 is 1.87 bits per heavy atom. The average Bonchev–Trinajstić information content (AvgIpc) is 2.53. The second-order valence-corrected chi connectivity index (χ2v) is 5.79. The molecule has 1 aliphatic heterocycles. The van der Waals surface area contributed by atoms with Gasteiger partial charge in [-0.3, -0.25) is 9.69 Å². The van der Waals surface area contributed by atoms with E-state index in [1.54, 1.807) is 4.90 Å². The normalized spacial score (nSPS) is 20.0. The van der Waals surface area contributed by atoms with E-state index in [9.17, 15) is 23.1 Å². The van der Waals surface area contributed by atoms with Crippen LogP contribution in [-0.2, 0) is 16.0 Å². The monoisotopic (exact) mass is 331 g/mol. The van der Waals surface area contributed by atoms with Crippen LogP contribution in [0.25, 0.3) is 0 Å². The number of aliphatic hydroxyl groups is 1. The Morgan fingerprint density at radius 1 is 1.30 bits per heavy atom. The van der Waals surface area contributed by atoms with Crippen molar-refractivity contribution < 1.29 is 27.8 Å². The molecule has 23 heavy (non-hydrogen) atoms. The number of carbonyl (C=O) groups is 1. The molecule has 1 aliphatic rings. The van der Waals surface area contributed by atoms with Crippen LogP contribution in [0, 0.1) is 0 Å². The fraction of sp³-hybridized carbons (Fsp3) is 0.562. The number of benzene rings is 1. The first-order chi connectivity index (χ1) is 10.8. The van der Waals surface area contributed by atoms with Gasteiger partial charge in [0.2, 0.25) is 0 Å². The van der Waals surface area contributed by atoms with Gasteiger partial charge >= 0.3 is 12.1 Å². The zero-order chi connectivity index (χ0) is 17.1. The molecule has 1 N–H and O–H groups in total. The number of piperidine rings is 1. The van der Waals surface area contributed by atoms with Gasteiger partial charge in [-0.05, 0) is 24.8 Å². The fourth-order valence-electron chi connectivity index (χ4n) is 2.82. The molecule has 0 amide bonds. The lowest BCUT2D eigenvalue weighted by molar-refractivity contribution is -0.273. The number of ether oxygens (including phenoxy) is 1. The van der Waals surface area contributed by atoms with Crippen LogP contribution < -0.4 is 0 Å². The lowest BCUT2D eigenvalue weighted by Gasteiger charge is -2.41. The summed E-state index contributed by atoms with van der Waals surface area (Å²) in [7, 11) is 1.26. The number of nitrogens with zero attached hydrogens (tertiary/aromatic N) is 1. The zero-order valence-corrected chi connectivity index (χ0v) is 12.8. The van der Waals surface area contributed by atoms with Crippen LogP contribution in [0.3, 0.4) is 0 Å². The third-order valence-electron chi connectivity index (χ3n) is 4.34. The quantitative estimate of drug-likeness (QED) is 0.859. The summed E-state index contributed by atoms with van der Waals surface area (Å²) in [6.07, 6.45) is -5.19. The molecular weight excluding hydrogens is 311 g/mol. The van der Waals surface area contributed by atoms with Crippen LogP contribution in [0.4, 0.5) is 13.2 Å². The average molecular weight is 331 g/mol. The first-order valence-electron chi connectivity index (χ1n) is 7.42. The highest BCUT2D eigenvalue weighted by atomic mass is 19.4. The fourth-order valence-corrected chi connectivity index (χ4v) is 2.82. The largest absolute Gasteiger partial charge is 0.468 e. The van der Waals surface area contributed by atoms with Gasteiger partial charge in [0.05, 0.1) is 7.11 Å². The van der Waals surface area contributed by atoms with Crippen molar-refractivity contribution in [2.45, 2.75) is 37.1 Å². The van der Waals surface area contributed by atoms with Crippen molar-refractivity contribution in [2.24, 2.45) is 0 Å². The molecule has 0 unspecified atom stereocenters. The molecule has 1 saturated heterocycles. The van der Waals surface area contributed by atoms with Crippen molar-refractivity contribution in [2.75, 3.05) is 20.2 Å². The van der Waals surface area contributed by atoms with E-state index in [1.165, 1.54) is 7.11 Å². The first kappa shape index (κ1) is 17.7. The summed E-state index contributed by atoms with van der Waals surface area (Å²) in [4.78, 5) is 13.7. The van der Waals surface area contributed by atoms with Crippen molar-refractivity contribution in [1.29, 1.82) is 0 Å². The molecule has 2 rings (SSSR count). The number of carbonyl (C=O) groups excluding carboxylic acids is 1. The van der Waals surface area contributed by atoms with E-state index >= 15 is 0 Å². The summed E-state index contributed by atoms with van der Waals surface area (Å²) in [5.74, 6) is -0.480. The van der Waals surface area contributed by atoms with Crippen LogP contribution in [0.5, 0.6) is 0 Å². The standard InChI is InChI=1S/C16H20F3NO3/c1-23-14(21)13(11-12-5-3-2-4-6-12)20-9-7-15(22,8-10-20)16(17,18)19/h2-6,13,22H,7-11H2,1H3/t13-/m0/s1. The van der Waals surface area contributed by atoms with Crippen LogP contribution in [0.2, 0.25) is 0 Å². The minimum absolute atomic E-state index is 0.0113. The highest BCUT2D eigenvalue weighted by Crippen LogP contribution is 2.38. The van der Waals surface area contributed by atoms with Crippen molar-refractivity contribution in [3.63, 3.8) is 0 Å². The van der Waals surface area contributed by atoms with Crippen LogP contribution >= 0.6 is 0 Å². The Hall–Kier alpha value is -1.60. The summed E-state index contributed by atoms with van der Waals surface area (Å²) >= 11 is 0. The maximum atomic E-state index is 12.9. The molecule has 1 heterocycles. The summed E-state index contributed by atoms with van der Waals surface area (Å²) in [6.45, 7) is -0.0226. The molecule has 1 atom stereocenters. The molecule has 7 heteroatoms. The Balaban J connectivity index is 2.08. The number of likely N-dealkylation sites (tertiary alicyclic amines) is 1. The summed E-state index contributed by atoms with van der Waals surface area (Å²) in [5.41, 5.74) is -1.77. The lowest BCUT2D eigenvalue weighted by Crippen LogP contribution is -2.56. The van der Waals surface area contributed by atoms with Gasteiger partial charge in [-0.25, -0.2) is 0 Å². The number of halogens is 3. The second kappa shape index (κ2) is 6.88. The topological polar surface area (TPSA) is 49.8 Å². The maximum Gasteiger partial charge on any atom is 0.417 e. The number of rotatable bonds is 4. The molecule has 0 spiro atoms. The molecule has 0 bridgehead atoms. The summed E-state index contributed by atoms with van der Waals surface area (Å²) in [5, 5.41) is 9.73. The molecule has 4 nitrogen and oxygen atoms in total. The smallest absolute Gasteiger partial charge is 0.417 e. The molecule has 128 valence electrons. The SMILES string of the molecule is COC(=O)[C@H](Cc1ccccc1)N1CCC(O)(C(F)(F)F)CC1. The van der Waals surface area contributed by atoms with Crippen molar-refractivity contribution in [3.05, 3.63) is 35.9 Å².